The molecule has 0 bridgehead atoms. The molecule has 136 valence electrons. The van der Waals surface area contributed by atoms with Crippen LogP contribution in [0.2, 0.25) is 5.04 Å². The summed E-state index contributed by atoms with van der Waals surface area (Å²) in [4.78, 5) is 0. The van der Waals surface area contributed by atoms with E-state index in [2.05, 4.69) is 64.7 Å². The largest absolute Gasteiger partial charge is 0.408 e. The van der Waals surface area contributed by atoms with Crippen molar-refractivity contribution in [1.82, 2.24) is 0 Å². The van der Waals surface area contributed by atoms with Gasteiger partial charge in [-0.15, -0.1) is 0 Å². The SMILES string of the molecule is CC(C)(C)[Si]OC(C)(C)c1c(C#CC2(O)COC2)ccc2ccccc12. The van der Waals surface area contributed by atoms with E-state index in [-0.39, 0.29) is 18.3 Å². The molecule has 0 unspecified atom stereocenters. The summed E-state index contributed by atoms with van der Waals surface area (Å²) in [6.45, 7) is 11.3. The fourth-order valence-corrected chi connectivity index (χ4v) is 3.57. The van der Waals surface area contributed by atoms with Crippen molar-refractivity contribution in [3.8, 4) is 11.8 Å². The average molecular weight is 367 g/mol. The Hall–Kier alpha value is -1.64. The second kappa shape index (κ2) is 6.83. The van der Waals surface area contributed by atoms with Gasteiger partial charge in [-0.05, 0) is 35.7 Å². The molecule has 0 spiro atoms. The number of fused-ring (bicyclic) bond motifs is 1. The van der Waals surface area contributed by atoms with Crippen LogP contribution in [0.3, 0.4) is 0 Å². The molecule has 3 rings (SSSR count). The van der Waals surface area contributed by atoms with Crippen LogP contribution >= 0.6 is 0 Å². The second-order valence-corrected chi connectivity index (χ2v) is 10.4. The van der Waals surface area contributed by atoms with Crippen molar-refractivity contribution in [2.24, 2.45) is 0 Å². The Balaban J connectivity index is 2.09. The minimum Gasteiger partial charge on any atom is -0.408 e. The molecule has 1 N–H and O–H groups in total. The Morgan fingerprint density at radius 1 is 1.08 bits per heavy atom. The zero-order chi connectivity index (χ0) is 19.0. The summed E-state index contributed by atoms with van der Waals surface area (Å²) in [5.74, 6) is 6.18. The van der Waals surface area contributed by atoms with Crippen LogP contribution in [0.4, 0.5) is 0 Å². The van der Waals surface area contributed by atoms with E-state index in [4.69, 9.17) is 9.16 Å². The molecule has 1 aliphatic rings. The van der Waals surface area contributed by atoms with E-state index < -0.39 is 11.2 Å². The molecule has 1 saturated heterocycles. The van der Waals surface area contributed by atoms with Crippen molar-refractivity contribution >= 4 is 20.5 Å². The molecule has 0 aromatic heterocycles. The molecule has 0 amide bonds. The number of aliphatic hydroxyl groups is 1. The van der Waals surface area contributed by atoms with Gasteiger partial charge in [0.1, 0.15) is 0 Å². The lowest BCUT2D eigenvalue weighted by Gasteiger charge is -2.32. The lowest BCUT2D eigenvalue weighted by molar-refractivity contribution is -0.140. The highest BCUT2D eigenvalue weighted by atomic mass is 28.2. The first-order valence-corrected chi connectivity index (χ1v) is 9.81. The maximum Gasteiger partial charge on any atom is 0.236 e. The van der Waals surface area contributed by atoms with Crippen LogP contribution in [0.25, 0.3) is 10.8 Å². The third-order valence-corrected chi connectivity index (χ3v) is 5.48. The van der Waals surface area contributed by atoms with Crippen LogP contribution in [0.5, 0.6) is 0 Å². The minimum atomic E-state index is -1.03. The van der Waals surface area contributed by atoms with Gasteiger partial charge in [-0.3, -0.25) is 0 Å². The molecule has 2 aromatic carbocycles. The molecule has 0 saturated carbocycles. The van der Waals surface area contributed by atoms with Gasteiger partial charge < -0.3 is 14.3 Å². The quantitative estimate of drug-likeness (QED) is 0.658. The first-order valence-electron chi connectivity index (χ1n) is 8.90. The minimum absolute atomic E-state index is 0.103. The van der Waals surface area contributed by atoms with Crippen molar-refractivity contribution in [2.75, 3.05) is 13.2 Å². The lowest BCUT2D eigenvalue weighted by Crippen LogP contribution is -2.48. The summed E-state index contributed by atoms with van der Waals surface area (Å²) in [7, 11) is 0.371. The third-order valence-electron chi connectivity index (χ3n) is 4.25. The van der Waals surface area contributed by atoms with Gasteiger partial charge in [0.2, 0.25) is 9.76 Å². The number of ether oxygens (including phenoxy) is 1. The highest BCUT2D eigenvalue weighted by molar-refractivity contribution is 6.31. The lowest BCUT2D eigenvalue weighted by atomic mass is 9.88. The summed E-state index contributed by atoms with van der Waals surface area (Å²) in [6, 6.07) is 12.4. The first-order chi connectivity index (χ1) is 12.1. The molecule has 0 aliphatic carbocycles. The molecular formula is C22H26O3Si. The summed E-state index contributed by atoms with van der Waals surface area (Å²) < 4.78 is 11.5. The van der Waals surface area contributed by atoms with E-state index >= 15 is 0 Å². The smallest absolute Gasteiger partial charge is 0.236 e. The molecule has 1 fully saturated rings. The Morgan fingerprint density at radius 2 is 1.77 bits per heavy atom. The maximum absolute atomic E-state index is 10.3. The highest BCUT2D eigenvalue weighted by Gasteiger charge is 2.34. The fourth-order valence-electron chi connectivity index (χ4n) is 2.91. The molecule has 26 heavy (non-hydrogen) atoms. The Bertz CT molecular complexity index is 864. The third kappa shape index (κ3) is 4.19. The van der Waals surface area contributed by atoms with E-state index in [1.807, 2.05) is 18.2 Å². The number of rotatable bonds is 3. The van der Waals surface area contributed by atoms with E-state index in [0.29, 0.717) is 9.76 Å². The zero-order valence-electron chi connectivity index (χ0n) is 16.1. The molecule has 1 aliphatic heterocycles. The first kappa shape index (κ1) is 19.1. The molecule has 2 radical (unpaired) electrons. The topological polar surface area (TPSA) is 38.7 Å². The standard InChI is InChI=1S/C22H26O3Si/c1-20(2,3)26-25-21(4,5)19-17(12-13-22(23)14-24-15-22)11-10-16-8-6-7-9-18(16)19/h6-11,23H,14-15H2,1-5H3. The van der Waals surface area contributed by atoms with Crippen molar-refractivity contribution in [2.45, 2.75) is 50.9 Å². The fraction of sp³-hybridized carbons (Fsp3) is 0.455. The highest BCUT2D eigenvalue weighted by Crippen LogP contribution is 2.36. The monoisotopic (exact) mass is 366 g/mol. The van der Waals surface area contributed by atoms with Gasteiger partial charge in [0, 0.05) is 11.1 Å². The maximum atomic E-state index is 10.3. The van der Waals surface area contributed by atoms with Crippen LogP contribution in [0, 0.1) is 11.8 Å². The number of benzene rings is 2. The summed E-state index contributed by atoms with van der Waals surface area (Å²) >= 11 is 0. The Kier molecular flexibility index (Phi) is 5.02. The van der Waals surface area contributed by atoms with E-state index in [9.17, 15) is 5.11 Å². The van der Waals surface area contributed by atoms with Gasteiger partial charge >= 0.3 is 0 Å². The van der Waals surface area contributed by atoms with Crippen molar-refractivity contribution in [1.29, 1.82) is 0 Å². The Labute approximate surface area is 158 Å². The molecule has 0 atom stereocenters. The zero-order valence-corrected chi connectivity index (χ0v) is 17.1. The Morgan fingerprint density at radius 3 is 2.38 bits per heavy atom. The van der Waals surface area contributed by atoms with E-state index in [1.165, 1.54) is 0 Å². The predicted molar refractivity (Wildman–Crippen MR) is 106 cm³/mol. The van der Waals surface area contributed by atoms with Crippen LogP contribution in [0.15, 0.2) is 36.4 Å². The van der Waals surface area contributed by atoms with E-state index in [0.717, 1.165) is 21.9 Å². The van der Waals surface area contributed by atoms with Crippen LogP contribution < -0.4 is 0 Å². The van der Waals surface area contributed by atoms with Crippen molar-refractivity contribution in [3.05, 3.63) is 47.5 Å². The van der Waals surface area contributed by atoms with Crippen LogP contribution in [-0.2, 0) is 14.8 Å². The van der Waals surface area contributed by atoms with Gasteiger partial charge in [0.05, 0.1) is 18.8 Å². The molecule has 1 heterocycles. The average Bonchev–Trinajstić information content (AvgIpc) is 2.55. The van der Waals surface area contributed by atoms with Gasteiger partial charge in [0.15, 0.2) is 5.60 Å². The van der Waals surface area contributed by atoms with Crippen molar-refractivity contribution < 1.29 is 14.3 Å². The van der Waals surface area contributed by atoms with Gasteiger partial charge in [-0.25, -0.2) is 0 Å². The van der Waals surface area contributed by atoms with Gasteiger partial charge in [0.25, 0.3) is 0 Å². The number of hydrogen-bond acceptors (Lipinski definition) is 3. The predicted octanol–water partition coefficient (Wildman–Crippen LogP) is 4.04. The molecule has 2 aromatic rings. The summed E-state index contributed by atoms with van der Waals surface area (Å²) in [5, 5.41) is 12.7. The van der Waals surface area contributed by atoms with Gasteiger partial charge in [-0.2, -0.15) is 0 Å². The molecular weight excluding hydrogens is 340 g/mol. The summed E-state index contributed by atoms with van der Waals surface area (Å²) in [6.07, 6.45) is 0. The summed E-state index contributed by atoms with van der Waals surface area (Å²) in [5.41, 5.74) is 0.451. The normalized spacial score (nSPS) is 16.7. The van der Waals surface area contributed by atoms with Gasteiger partial charge in [-0.1, -0.05) is 62.9 Å². The number of hydrogen-bond donors (Lipinski definition) is 1. The second-order valence-electron chi connectivity index (χ2n) is 8.45. The van der Waals surface area contributed by atoms with Crippen LogP contribution in [0.1, 0.15) is 45.7 Å². The molecule has 3 nitrogen and oxygen atoms in total. The van der Waals surface area contributed by atoms with Crippen LogP contribution in [-0.4, -0.2) is 33.7 Å². The molecule has 4 heteroatoms. The van der Waals surface area contributed by atoms with E-state index in [1.54, 1.807) is 0 Å². The van der Waals surface area contributed by atoms with Crippen molar-refractivity contribution in [3.63, 3.8) is 0 Å².